The molecule has 1 unspecified atom stereocenters. The Kier molecular flexibility index (Phi) is 4.31. The Labute approximate surface area is 115 Å². The van der Waals surface area contributed by atoms with Gasteiger partial charge in [0, 0.05) is 17.6 Å². The lowest BCUT2D eigenvalue weighted by molar-refractivity contribution is 0.281. The molecule has 0 radical (unpaired) electrons. The SMILES string of the molecule is CC1(C)CCN(CCC(N)c2cccc(Cl)c2)C1. The van der Waals surface area contributed by atoms with Gasteiger partial charge in [-0.05, 0) is 49.0 Å². The van der Waals surface area contributed by atoms with Gasteiger partial charge in [0.1, 0.15) is 0 Å². The van der Waals surface area contributed by atoms with Gasteiger partial charge < -0.3 is 10.6 Å². The molecule has 1 fully saturated rings. The van der Waals surface area contributed by atoms with E-state index in [-0.39, 0.29) is 6.04 Å². The molecule has 1 aromatic carbocycles. The van der Waals surface area contributed by atoms with Gasteiger partial charge in [0.15, 0.2) is 0 Å². The van der Waals surface area contributed by atoms with Crippen molar-refractivity contribution in [1.82, 2.24) is 4.90 Å². The molecule has 1 aliphatic rings. The summed E-state index contributed by atoms with van der Waals surface area (Å²) in [6.45, 7) is 8.15. The van der Waals surface area contributed by atoms with Crippen LogP contribution < -0.4 is 5.73 Å². The summed E-state index contributed by atoms with van der Waals surface area (Å²) in [5.41, 5.74) is 7.84. The second kappa shape index (κ2) is 5.60. The van der Waals surface area contributed by atoms with Crippen LogP contribution in [0.15, 0.2) is 24.3 Å². The van der Waals surface area contributed by atoms with Gasteiger partial charge in [0.25, 0.3) is 0 Å². The average Bonchev–Trinajstić information content (AvgIpc) is 2.66. The summed E-state index contributed by atoms with van der Waals surface area (Å²) in [4.78, 5) is 2.52. The molecule has 2 rings (SSSR count). The van der Waals surface area contributed by atoms with E-state index in [1.807, 2.05) is 18.2 Å². The predicted octanol–water partition coefficient (Wildman–Crippen LogP) is 3.46. The Balaban J connectivity index is 1.84. The number of likely N-dealkylation sites (tertiary alicyclic amines) is 1. The van der Waals surface area contributed by atoms with Crippen molar-refractivity contribution in [1.29, 1.82) is 0 Å². The first kappa shape index (κ1) is 13.9. The molecule has 2 N–H and O–H groups in total. The van der Waals surface area contributed by atoms with Gasteiger partial charge >= 0.3 is 0 Å². The highest BCUT2D eigenvalue weighted by Crippen LogP contribution is 2.29. The van der Waals surface area contributed by atoms with E-state index in [1.54, 1.807) is 0 Å². The summed E-state index contributed by atoms with van der Waals surface area (Å²) in [6, 6.07) is 7.98. The number of halogens is 1. The maximum Gasteiger partial charge on any atom is 0.0409 e. The van der Waals surface area contributed by atoms with E-state index >= 15 is 0 Å². The zero-order valence-electron chi connectivity index (χ0n) is 11.3. The third kappa shape index (κ3) is 3.71. The summed E-state index contributed by atoms with van der Waals surface area (Å²) < 4.78 is 0. The number of rotatable bonds is 4. The molecule has 1 aliphatic heterocycles. The van der Waals surface area contributed by atoms with Crippen LogP contribution >= 0.6 is 11.6 Å². The highest BCUT2D eigenvalue weighted by atomic mass is 35.5. The molecular weight excluding hydrogens is 244 g/mol. The van der Waals surface area contributed by atoms with Gasteiger partial charge in [-0.2, -0.15) is 0 Å². The number of nitrogens with two attached hydrogens (primary N) is 1. The van der Waals surface area contributed by atoms with Gasteiger partial charge in [-0.1, -0.05) is 37.6 Å². The minimum Gasteiger partial charge on any atom is -0.324 e. The van der Waals surface area contributed by atoms with Gasteiger partial charge in [0.05, 0.1) is 0 Å². The van der Waals surface area contributed by atoms with E-state index in [0.717, 1.165) is 23.6 Å². The van der Waals surface area contributed by atoms with Crippen molar-refractivity contribution in [3.05, 3.63) is 34.9 Å². The van der Waals surface area contributed by atoms with Gasteiger partial charge in [0.2, 0.25) is 0 Å². The smallest absolute Gasteiger partial charge is 0.0409 e. The molecule has 1 aromatic rings. The summed E-state index contributed by atoms with van der Waals surface area (Å²) in [6.07, 6.45) is 2.29. The van der Waals surface area contributed by atoms with Crippen LogP contribution in [-0.4, -0.2) is 24.5 Å². The zero-order valence-corrected chi connectivity index (χ0v) is 12.1. The fraction of sp³-hybridized carbons (Fsp3) is 0.600. The first-order valence-electron chi connectivity index (χ1n) is 6.70. The number of benzene rings is 1. The molecule has 0 bridgehead atoms. The average molecular weight is 267 g/mol. The zero-order chi connectivity index (χ0) is 13.2. The van der Waals surface area contributed by atoms with E-state index in [4.69, 9.17) is 17.3 Å². The van der Waals surface area contributed by atoms with Crippen LogP contribution in [0.1, 0.15) is 38.3 Å². The van der Waals surface area contributed by atoms with Crippen molar-refractivity contribution < 1.29 is 0 Å². The van der Waals surface area contributed by atoms with Crippen LogP contribution in [0.25, 0.3) is 0 Å². The van der Waals surface area contributed by atoms with E-state index in [0.29, 0.717) is 5.41 Å². The van der Waals surface area contributed by atoms with Crippen molar-refractivity contribution in [3.8, 4) is 0 Å². The number of nitrogens with zero attached hydrogens (tertiary/aromatic N) is 1. The third-order valence-electron chi connectivity index (χ3n) is 3.79. The summed E-state index contributed by atoms with van der Waals surface area (Å²) in [5.74, 6) is 0. The van der Waals surface area contributed by atoms with Gasteiger partial charge in [-0.3, -0.25) is 0 Å². The van der Waals surface area contributed by atoms with E-state index in [9.17, 15) is 0 Å². The fourth-order valence-electron chi connectivity index (χ4n) is 2.64. The Bertz CT molecular complexity index is 403. The quantitative estimate of drug-likeness (QED) is 0.904. The lowest BCUT2D eigenvalue weighted by atomic mass is 9.93. The largest absolute Gasteiger partial charge is 0.324 e. The number of hydrogen-bond acceptors (Lipinski definition) is 2. The van der Waals surface area contributed by atoms with Crippen molar-refractivity contribution >= 4 is 11.6 Å². The monoisotopic (exact) mass is 266 g/mol. The lowest BCUT2D eigenvalue weighted by Crippen LogP contribution is -2.27. The highest BCUT2D eigenvalue weighted by Gasteiger charge is 2.28. The minimum atomic E-state index is 0.0902. The van der Waals surface area contributed by atoms with Crippen LogP contribution in [0.2, 0.25) is 5.02 Å². The van der Waals surface area contributed by atoms with Crippen LogP contribution in [-0.2, 0) is 0 Å². The maximum absolute atomic E-state index is 6.22. The predicted molar refractivity (Wildman–Crippen MR) is 77.8 cm³/mol. The standard InChI is InChI=1S/C15H23ClN2/c1-15(2)7-9-18(11-15)8-6-14(17)12-4-3-5-13(16)10-12/h3-5,10,14H,6-9,11,17H2,1-2H3. The third-order valence-corrected chi connectivity index (χ3v) is 4.02. The molecule has 0 spiro atoms. The Morgan fingerprint density at radius 3 is 2.83 bits per heavy atom. The number of hydrogen-bond donors (Lipinski definition) is 1. The fourth-order valence-corrected chi connectivity index (χ4v) is 2.84. The molecule has 0 aliphatic carbocycles. The molecular formula is C15H23ClN2. The first-order chi connectivity index (χ1) is 8.46. The summed E-state index contributed by atoms with van der Waals surface area (Å²) in [5, 5.41) is 0.769. The molecule has 0 amide bonds. The molecule has 100 valence electrons. The van der Waals surface area contributed by atoms with Crippen LogP contribution in [0, 0.1) is 5.41 Å². The minimum absolute atomic E-state index is 0.0902. The molecule has 18 heavy (non-hydrogen) atoms. The first-order valence-corrected chi connectivity index (χ1v) is 7.07. The maximum atomic E-state index is 6.22. The lowest BCUT2D eigenvalue weighted by Gasteiger charge is -2.21. The summed E-state index contributed by atoms with van der Waals surface area (Å²) in [7, 11) is 0. The Morgan fingerprint density at radius 2 is 2.22 bits per heavy atom. The van der Waals surface area contributed by atoms with Crippen molar-refractivity contribution in [2.45, 2.75) is 32.7 Å². The van der Waals surface area contributed by atoms with Gasteiger partial charge in [-0.25, -0.2) is 0 Å². The topological polar surface area (TPSA) is 29.3 Å². The van der Waals surface area contributed by atoms with Crippen LogP contribution in [0.4, 0.5) is 0 Å². The van der Waals surface area contributed by atoms with Gasteiger partial charge in [-0.15, -0.1) is 0 Å². The highest BCUT2D eigenvalue weighted by molar-refractivity contribution is 6.30. The Morgan fingerprint density at radius 1 is 1.44 bits per heavy atom. The normalized spacial score (nSPS) is 21.1. The molecule has 3 heteroatoms. The second-order valence-electron chi connectivity index (χ2n) is 6.14. The molecule has 1 heterocycles. The van der Waals surface area contributed by atoms with Crippen molar-refractivity contribution in [2.75, 3.05) is 19.6 Å². The molecule has 1 saturated heterocycles. The van der Waals surface area contributed by atoms with Crippen molar-refractivity contribution in [3.63, 3.8) is 0 Å². The molecule has 0 aromatic heterocycles. The molecule has 1 atom stereocenters. The van der Waals surface area contributed by atoms with E-state index in [1.165, 1.54) is 19.5 Å². The Hall–Kier alpha value is -0.570. The summed E-state index contributed by atoms with van der Waals surface area (Å²) >= 11 is 5.99. The van der Waals surface area contributed by atoms with Crippen molar-refractivity contribution in [2.24, 2.45) is 11.1 Å². The van der Waals surface area contributed by atoms with Crippen LogP contribution in [0.3, 0.4) is 0 Å². The van der Waals surface area contributed by atoms with E-state index < -0.39 is 0 Å². The van der Waals surface area contributed by atoms with Crippen LogP contribution in [0.5, 0.6) is 0 Å². The molecule has 0 saturated carbocycles. The second-order valence-corrected chi connectivity index (χ2v) is 6.58. The molecule has 2 nitrogen and oxygen atoms in total. The van der Waals surface area contributed by atoms with E-state index in [2.05, 4.69) is 24.8 Å².